The predicted octanol–water partition coefficient (Wildman–Crippen LogP) is 4.40. The summed E-state index contributed by atoms with van der Waals surface area (Å²) >= 11 is 0. The van der Waals surface area contributed by atoms with Crippen molar-refractivity contribution in [3.63, 3.8) is 0 Å². The summed E-state index contributed by atoms with van der Waals surface area (Å²) in [7, 11) is 7.15. The van der Waals surface area contributed by atoms with Crippen LogP contribution in [-0.2, 0) is 11.3 Å². The zero-order valence-electron chi connectivity index (χ0n) is 20.5. The lowest BCUT2D eigenvalue weighted by Gasteiger charge is -2.15. The topological polar surface area (TPSA) is 79.5 Å². The Morgan fingerprint density at radius 3 is 2.38 bits per heavy atom. The quantitative estimate of drug-likeness (QED) is 0.400. The number of anilines is 1. The lowest BCUT2D eigenvalue weighted by molar-refractivity contribution is -0.117. The van der Waals surface area contributed by atoms with Crippen LogP contribution in [0, 0.1) is 25.2 Å². The van der Waals surface area contributed by atoms with Gasteiger partial charge in [-0.15, -0.1) is 0 Å². The third-order valence-corrected chi connectivity index (χ3v) is 5.69. The van der Waals surface area contributed by atoms with E-state index in [0.29, 0.717) is 11.5 Å². The molecule has 0 radical (unpaired) electrons. The SMILES string of the molecule is COc1ccc(CNC(=O)/C(C#N)=C/c2cc(C)n(-c3ccc(N(C)C)cc3)c2C)c(OC)c1. The summed E-state index contributed by atoms with van der Waals surface area (Å²) in [6, 6.07) is 17.6. The molecular weight excluding hydrogens is 428 g/mol. The highest BCUT2D eigenvalue weighted by molar-refractivity contribution is 6.01. The molecule has 3 rings (SSSR count). The minimum absolute atomic E-state index is 0.0377. The fraction of sp³-hybridized carbons (Fsp3) is 0.259. The van der Waals surface area contributed by atoms with Crippen LogP contribution in [0.1, 0.15) is 22.5 Å². The number of carbonyl (C=O) groups excluding carboxylic acids is 1. The molecule has 1 heterocycles. The van der Waals surface area contributed by atoms with E-state index in [0.717, 1.165) is 33.9 Å². The molecule has 0 aliphatic carbocycles. The minimum atomic E-state index is -0.444. The van der Waals surface area contributed by atoms with Gasteiger partial charge in [-0.25, -0.2) is 0 Å². The molecule has 0 aliphatic rings. The molecule has 3 aromatic rings. The Hall–Kier alpha value is -4.18. The second kappa shape index (κ2) is 10.6. The Morgan fingerprint density at radius 2 is 1.79 bits per heavy atom. The van der Waals surface area contributed by atoms with Crippen molar-refractivity contribution in [3.05, 3.63) is 76.6 Å². The molecule has 0 atom stereocenters. The van der Waals surface area contributed by atoms with E-state index >= 15 is 0 Å². The first-order chi connectivity index (χ1) is 16.3. The molecule has 0 spiro atoms. The van der Waals surface area contributed by atoms with E-state index in [-0.39, 0.29) is 12.1 Å². The van der Waals surface area contributed by atoms with Gasteiger partial charge in [-0.1, -0.05) is 0 Å². The summed E-state index contributed by atoms with van der Waals surface area (Å²) in [4.78, 5) is 14.8. The molecule has 0 unspecified atom stereocenters. The fourth-order valence-corrected chi connectivity index (χ4v) is 3.80. The van der Waals surface area contributed by atoms with Crippen molar-refractivity contribution in [3.8, 4) is 23.3 Å². The largest absolute Gasteiger partial charge is 0.497 e. The summed E-state index contributed by atoms with van der Waals surface area (Å²) in [5.74, 6) is 0.822. The van der Waals surface area contributed by atoms with Crippen LogP contribution >= 0.6 is 0 Å². The summed E-state index contributed by atoms with van der Waals surface area (Å²) in [5.41, 5.74) is 5.75. The number of rotatable bonds is 8. The Balaban J connectivity index is 1.82. The maximum atomic E-state index is 12.8. The number of benzene rings is 2. The Labute approximate surface area is 200 Å². The molecule has 1 aromatic heterocycles. The van der Waals surface area contributed by atoms with Crippen molar-refractivity contribution >= 4 is 17.7 Å². The number of hydrogen-bond donors (Lipinski definition) is 1. The van der Waals surface area contributed by atoms with Gasteiger partial charge in [0.05, 0.1) is 14.2 Å². The highest BCUT2D eigenvalue weighted by Gasteiger charge is 2.15. The van der Waals surface area contributed by atoms with Gasteiger partial charge in [-0.2, -0.15) is 5.26 Å². The summed E-state index contributed by atoms with van der Waals surface area (Å²) in [6.07, 6.45) is 1.63. The number of hydrogen-bond acceptors (Lipinski definition) is 5. The van der Waals surface area contributed by atoms with E-state index in [4.69, 9.17) is 9.47 Å². The zero-order chi connectivity index (χ0) is 24.8. The van der Waals surface area contributed by atoms with Gasteiger partial charge in [-0.05, 0) is 68.0 Å². The molecule has 7 heteroatoms. The fourth-order valence-electron chi connectivity index (χ4n) is 3.80. The molecule has 0 bridgehead atoms. The van der Waals surface area contributed by atoms with Gasteiger partial charge in [0.25, 0.3) is 5.91 Å². The van der Waals surface area contributed by atoms with Crippen LogP contribution < -0.4 is 19.7 Å². The van der Waals surface area contributed by atoms with Gasteiger partial charge in [0, 0.05) is 55.0 Å². The van der Waals surface area contributed by atoms with E-state index in [1.165, 1.54) is 0 Å². The van der Waals surface area contributed by atoms with E-state index in [1.54, 1.807) is 32.4 Å². The molecule has 7 nitrogen and oxygen atoms in total. The lowest BCUT2D eigenvalue weighted by atomic mass is 10.1. The number of carbonyl (C=O) groups is 1. The van der Waals surface area contributed by atoms with Gasteiger partial charge in [-0.3, -0.25) is 4.79 Å². The summed E-state index contributed by atoms with van der Waals surface area (Å²) in [5, 5.41) is 12.5. The third-order valence-electron chi connectivity index (χ3n) is 5.69. The molecule has 0 saturated carbocycles. The zero-order valence-corrected chi connectivity index (χ0v) is 20.5. The van der Waals surface area contributed by atoms with Crippen LogP contribution in [0.3, 0.4) is 0 Å². The first-order valence-electron chi connectivity index (χ1n) is 10.9. The van der Waals surface area contributed by atoms with Crippen LogP contribution in [0.4, 0.5) is 5.69 Å². The molecule has 0 aliphatic heterocycles. The molecule has 176 valence electrons. The molecule has 0 saturated heterocycles. The number of nitrogens with zero attached hydrogens (tertiary/aromatic N) is 3. The van der Waals surface area contributed by atoms with Gasteiger partial charge >= 0.3 is 0 Å². The van der Waals surface area contributed by atoms with Crippen LogP contribution in [0.2, 0.25) is 0 Å². The Bertz CT molecular complexity index is 1250. The summed E-state index contributed by atoms with van der Waals surface area (Å²) in [6.45, 7) is 4.21. The number of nitrogens with one attached hydrogen (secondary N) is 1. The van der Waals surface area contributed by atoms with Gasteiger partial charge < -0.3 is 24.3 Å². The lowest BCUT2D eigenvalue weighted by Crippen LogP contribution is -2.24. The normalized spacial score (nSPS) is 11.0. The number of aromatic nitrogens is 1. The smallest absolute Gasteiger partial charge is 0.262 e. The van der Waals surface area contributed by atoms with Crippen LogP contribution in [0.15, 0.2) is 54.1 Å². The van der Waals surface area contributed by atoms with Crippen molar-refractivity contribution in [2.24, 2.45) is 0 Å². The van der Waals surface area contributed by atoms with Crippen molar-refractivity contribution < 1.29 is 14.3 Å². The molecule has 0 fully saturated rings. The standard InChI is InChI=1S/C27H30N4O3/c1-18-13-21(19(2)31(18)24-10-8-23(9-11-24)30(3)4)14-22(16-28)27(32)29-17-20-7-12-25(33-5)15-26(20)34-6/h7-15H,17H2,1-6H3,(H,29,32)/b22-14+. The molecular formula is C27H30N4O3. The first kappa shape index (κ1) is 24.5. The second-order valence-electron chi connectivity index (χ2n) is 8.10. The monoisotopic (exact) mass is 458 g/mol. The number of ether oxygens (including phenoxy) is 2. The third kappa shape index (κ3) is 5.24. The molecule has 2 aromatic carbocycles. The molecule has 1 amide bonds. The highest BCUT2D eigenvalue weighted by atomic mass is 16.5. The first-order valence-corrected chi connectivity index (χ1v) is 10.9. The number of methoxy groups -OCH3 is 2. The van der Waals surface area contributed by atoms with Crippen LogP contribution in [-0.4, -0.2) is 38.8 Å². The second-order valence-corrected chi connectivity index (χ2v) is 8.10. The maximum Gasteiger partial charge on any atom is 0.262 e. The Morgan fingerprint density at radius 1 is 1.09 bits per heavy atom. The number of amides is 1. The van der Waals surface area contributed by atoms with Crippen molar-refractivity contribution in [2.45, 2.75) is 20.4 Å². The summed E-state index contributed by atoms with van der Waals surface area (Å²) < 4.78 is 12.7. The van der Waals surface area contributed by atoms with Crippen LogP contribution in [0.5, 0.6) is 11.5 Å². The minimum Gasteiger partial charge on any atom is -0.497 e. The number of nitriles is 1. The number of aryl methyl sites for hydroxylation is 1. The molecule has 1 N–H and O–H groups in total. The maximum absolute atomic E-state index is 12.8. The van der Waals surface area contributed by atoms with E-state index < -0.39 is 5.91 Å². The predicted molar refractivity (Wildman–Crippen MR) is 135 cm³/mol. The molecule has 34 heavy (non-hydrogen) atoms. The average molecular weight is 459 g/mol. The van der Waals surface area contributed by atoms with E-state index in [1.807, 2.05) is 51.0 Å². The van der Waals surface area contributed by atoms with Crippen molar-refractivity contribution in [2.75, 3.05) is 33.2 Å². The van der Waals surface area contributed by atoms with Gasteiger partial charge in [0.1, 0.15) is 23.1 Å². The van der Waals surface area contributed by atoms with Crippen molar-refractivity contribution in [1.82, 2.24) is 9.88 Å². The highest BCUT2D eigenvalue weighted by Crippen LogP contribution is 2.26. The average Bonchev–Trinajstić information content (AvgIpc) is 3.13. The van der Waals surface area contributed by atoms with Crippen molar-refractivity contribution in [1.29, 1.82) is 5.26 Å². The Kier molecular flexibility index (Phi) is 7.64. The van der Waals surface area contributed by atoms with E-state index in [9.17, 15) is 10.1 Å². The van der Waals surface area contributed by atoms with Gasteiger partial charge in [0.15, 0.2) is 0 Å². The van der Waals surface area contributed by atoms with Crippen LogP contribution in [0.25, 0.3) is 11.8 Å². The van der Waals surface area contributed by atoms with Gasteiger partial charge in [0.2, 0.25) is 0 Å². The van der Waals surface area contributed by atoms with E-state index in [2.05, 4.69) is 34.1 Å².